The fourth-order valence-electron chi connectivity index (χ4n) is 7.11. The van der Waals surface area contributed by atoms with E-state index >= 15 is 0 Å². The topological polar surface area (TPSA) is 73.4 Å². The van der Waals surface area contributed by atoms with Crippen molar-refractivity contribution in [3.8, 4) is 39.4 Å². The number of rotatable bonds is 12. The lowest BCUT2D eigenvalue weighted by molar-refractivity contribution is -0.118. The molecule has 0 aliphatic heterocycles. The van der Waals surface area contributed by atoms with Gasteiger partial charge in [-0.05, 0) is 83.8 Å². The number of benzene rings is 5. The number of halogens is 1. The van der Waals surface area contributed by atoms with E-state index < -0.39 is 5.54 Å². The van der Waals surface area contributed by atoms with Crippen LogP contribution in [0.15, 0.2) is 170 Å². The number of carbonyl (C=O) groups is 1. The molecule has 0 aliphatic carbocycles. The molecule has 3 aromatic heterocycles. The first kappa shape index (κ1) is 34.3. The summed E-state index contributed by atoms with van der Waals surface area (Å²) in [6, 6.07) is 49.8. The molecule has 5 aromatic carbocycles. The highest BCUT2D eigenvalue weighted by Crippen LogP contribution is 2.43. The van der Waals surface area contributed by atoms with Crippen LogP contribution < -0.4 is 10.1 Å². The van der Waals surface area contributed by atoms with Crippen LogP contribution in [0.3, 0.4) is 0 Å². The van der Waals surface area contributed by atoms with Gasteiger partial charge in [0.1, 0.15) is 28.4 Å². The van der Waals surface area contributed by atoms with Gasteiger partial charge >= 0.3 is 0 Å². The van der Waals surface area contributed by atoms with Gasteiger partial charge in [-0.3, -0.25) is 13.9 Å². The van der Waals surface area contributed by atoms with Gasteiger partial charge < -0.3 is 10.1 Å². The molecular weight excluding hydrogens is 674 g/mol. The van der Waals surface area contributed by atoms with Gasteiger partial charge in [-0.15, -0.1) is 0 Å². The SMILES string of the molecule is CC(=O)NCCCOc1ccc(-c2cnc3ccc(-c4cn(C(c5ccccc5)(c5ccccc5)c5ccccc5)nc4-c4ccc(F)cc4)cn23)cc1. The Morgan fingerprint density at radius 3 is 1.87 bits per heavy atom. The average molecular weight is 712 g/mol. The Morgan fingerprint density at radius 2 is 1.28 bits per heavy atom. The van der Waals surface area contributed by atoms with Crippen LogP contribution in [-0.4, -0.2) is 38.2 Å². The minimum absolute atomic E-state index is 0.0456. The second kappa shape index (κ2) is 15.0. The molecule has 8 aromatic rings. The van der Waals surface area contributed by atoms with Crippen molar-refractivity contribution >= 4 is 11.6 Å². The molecule has 0 saturated carbocycles. The second-order valence-corrected chi connectivity index (χ2v) is 13.2. The number of hydrogen-bond donors (Lipinski definition) is 1. The zero-order valence-corrected chi connectivity index (χ0v) is 29.8. The minimum atomic E-state index is -0.838. The third-order valence-electron chi connectivity index (χ3n) is 9.68. The fourth-order valence-corrected chi connectivity index (χ4v) is 7.11. The molecule has 1 N–H and O–H groups in total. The molecule has 3 heterocycles. The summed E-state index contributed by atoms with van der Waals surface area (Å²) in [4.78, 5) is 15.9. The van der Waals surface area contributed by atoms with Crippen LogP contribution in [0, 0.1) is 5.82 Å². The van der Waals surface area contributed by atoms with Crippen molar-refractivity contribution in [2.45, 2.75) is 18.9 Å². The van der Waals surface area contributed by atoms with Gasteiger partial charge in [-0.25, -0.2) is 9.37 Å². The largest absolute Gasteiger partial charge is 0.494 e. The lowest BCUT2D eigenvalue weighted by atomic mass is 9.77. The standard InChI is InChI=1S/C46H38FN5O2/c1-33(53)48-28-11-29-54-41-25-20-34(21-26-41)43-30-49-44-27-22-36(31-51(43)44)42-32-52(50-45(42)35-18-23-40(47)24-19-35)46(37-12-5-2-6-13-37,38-14-7-3-8-15-38)39-16-9-4-10-17-39/h2-10,12-27,30-32H,11,28-29H2,1H3,(H,48,53). The summed E-state index contributed by atoms with van der Waals surface area (Å²) in [5.41, 5.74) is 8.36. The van der Waals surface area contributed by atoms with Crippen LogP contribution >= 0.6 is 0 Å². The molecule has 0 saturated heterocycles. The van der Waals surface area contributed by atoms with Crippen LogP contribution in [0.1, 0.15) is 30.0 Å². The Bertz CT molecular complexity index is 2400. The number of nitrogens with zero attached hydrogens (tertiary/aromatic N) is 4. The highest BCUT2D eigenvalue weighted by molar-refractivity contribution is 5.81. The lowest BCUT2D eigenvalue weighted by Crippen LogP contribution is -2.38. The predicted molar refractivity (Wildman–Crippen MR) is 211 cm³/mol. The smallest absolute Gasteiger partial charge is 0.216 e. The number of nitrogens with one attached hydrogen (secondary N) is 1. The monoisotopic (exact) mass is 711 g/mol. The zero-order chi connectivity index (χ0) is 36.9. The molecule has 8 heteroatoms. The molecule has 0 fully saturated rings. The zero-order valence-electron chi connectivity index (χ0n) is 29.8. The summed E-state index contributed by atoms with van der Waals surface area (Å²) >= 11 is 0. The van der Waals surface area contributed by atoms with Gasteiger partial charge in [0.25, 0.3) is 0 Å². The molecule has 0 spiro atoms. The highest BCUT2D eigenvalue weighted by atomic mass is 19.1. The predicted octanol–water partition coefficient (Wildman–Crippen LogP) is 9.42. The highest BCUT2D eigenvalue weighted by Gasteiger charge is 2.40. The Kier molecular flexibility index (Phi) is 9.56. The van der Waals surface area contributed by atoms with Crippen molar-refractivity contribution in [1.82, 2.24) is 24.5 Å². The second-order valence-electron chi connectivity index (χ2n) is 13.2. The summed E-state index contributed by atoms with van der Waals surface area (Å²) in [6.45, 7) is 2.59. The van der Waals surface area contributed by atoms with E-state index in [9.17, 15) is 9.18 Å². The summed E-state index contributed by atoms with van der Waals surface area (Å²) in [6.07, 6.45) is 6.80. The normalized spacial score (nSPS) is 11.4. The third-order valence-corrected chi connectivity index (χ3v) is 9.68. The van der Waals surface area contributed by atoms with E-state index in [0.717, 1.165) is 68.1 Å². The Hall–Kier alpha value is -6.80. The van der Waals surface area contributed by atoms with Gasteiger partial charge in [-0.1, -0.05) is 91.0 Å². The van der Waals surface area contributed by atoms with Crippen LogP contribution in [-0.2, 0) is 10.3 Å². The third kappa shape index (κ3) is 6.65. The molecule has 0 radical (unpaired) electrons. The van der Waals surface area contributed by atoms with Crippen LogP contribution in [0.25, 0.3) is 39.3 Å². The number of amides is 1. The van der Waals surface area contributed by atoms with E-state index in [-0.39, 0.29) is 11.7 Å². The van der Waals surface area contributed by atoms with Crippen molar-refractivity contribution in [2.24, 2.45) is 0 Å². The Morgan fingerprint density at radius 1 is 0.704 bits per heavy atom. The number of fused-ring (bicyclic) bond motifs is 1. The molecule has 0 unspecified atom stereocenters. The first-order valence-electron chi connectivity index (χ1n) is 18.0. The van der Waals surface area contributed by atoms with E-state index in [4.69, 9.17) is 14.8 Å². The molecule has 0 atom stereocenters. The van der Waals surface area contributed by atoms with Crippen molar-refractivity contribution in [2.75, 3.05) is 13.2 Å². The Labute approximate surface area is 313 Å². The van der Waals surface area contributed by atoms with E-state index in [2.05, 4.69) is 106 Å². The van der Waals surface area contributed by atoms with E-state index in [1.54, 1.807) is 12.1 Å². The quantitative estimate of drug-likeness (QED) is 0.101. The maximum atomic E-state index is 14.3. The van der Waals surface area contributed by atoms with Crippen LogP contribution in [0.2, 0.25) is 0 Å². The van der Waals surface area contributed by atoms with E-state index in [0.29, 0.717) is 13.2 Å². The molecule has 0 bridgehead atoms. The molecule has 54 heavy (non-hydrogen) atoms. The molecule has 1 amide bonds. The van der Waals surface area contributed by atoms with Gasteiger partial charge in [0.15, 0.2) is 0 Å². The lowest BCUT2D eigenvalue weighted by Gasteiger charge is -2.36. The van der Waals surface area contributed by atoms with Gasteiger partial charge in [0.2, 0.25) is 5.91 Å². The number of carbonyl (C=O) groups excluding carboxylic acids is 1. The number of aromatic nitrogens is 4. The van der Waals surface area contributed by atoms with Gasteiger partial charge in [0.05, 0.1) is 18.5 Å². The summed E-state index contributed by atoms with van der Waals surface area (Å²) in [5, 5.41) is 8.22. The summed E-state index contributed by atoms with van der Waals surface area (Å²) in [5.74, 6) is 0.403. The number of hydrogen-bond acceptors (Lipinski definition) is 4. The Balaban J connectivity index is 1.26. The van der Waals surface area contributed by atoms with Crippen LogP contribution in [0.4, 0.5) is 4.39 Å². The van der Waals surface area contributed by atoms with Crippen molar-refractivity contribution in [3.63, 3.8) is 0 Å². The van der Waals surface area contributed by atoms with Crippen LogP contribution in [0.5, 0.6) is 5.75 Å². The fraction of sp³-hybridized carbons (Fsp3) is 0.109. The number of pyridine rings is 1. The minimum Gasteiger partial charge on any atom is -0.494 e. The van der Waals surface area contributed by atoms with E-state index in [1.165, 1.54) is 19.1 Å². The number of ether oxygens (including phenoxy) is 1. The number of imidazole rings is 1. The molecule has 266 valence electrons. The summed E-state index contributed by atoms with van der Waals surface area (Å²) < 4.78 is 24.4. The summed E-state index contributed by atoms with van der Waals surface area (Å²) in [7, 11) is 0. The molecule has 8 rings (SSSR count). The molecule has 7 nitrogen and oxygen atoms in total. The van der Waals surface area contributed by atoms with Gasteiger partial charge in [-0.2, -0.15) is 5.10 Å². The first-order chi connectivity index (χ1) is 26.5. The molecule has 0 aliphatic rings. The average Bonchev–Trinajstić information content (AvgIpc) is 3.85. The van der Waals surface area contributed by atoms with Crippen molar-refractivity contribution in [3.05, 3.63) is 193 Å². The maximum absolute atomic E-state index is 14.3. The van der Waals surface area contributed by atoms with Gasteiger partial charge in [0, 0.05) is 48.1 Å². The first-order valence-corrected chi connectivity index (χ1v) is 18.0. The van der Waals surface area contributed by atoms with E-state index in [1.807, 2.05) is 54.7 Å². The van der Waals surface area contributed by atoms with Crippen molar-refractivity contribution < 1.29 is 13.9 Å². The molecular formula is C46H38FN5O2. The van der Waals surface area contributed by atoms with Crippen molar-refractivity contribution in [1.29, 1.82) is 0 Å². The maximum Gasteiger partial charge on any atom is 0.216 e.